The van der Waals surface area contributed by atoms with E-state index in [9.17, 15) is 27.5 Å². The van der Waals surface area contributed by atoms with Crippen LogP contribution in [0.3, 0.4) is 0 Å². The third kappa shape index (κ3) is 5.79. The third-order valence-electron chi connectivity index (χ3n) is 4.33. The van der Waals surface area contributed by atoms with Crippen LogP contribution in [-0.2, 0) is 17.4 Å². The van der Waals surface area contributed by atoms with Crippen LogP contribution < -0.4 is 5.32 Å². The minimum Gasteiger partial charge on any atom is -0.386 e. The number of hydrogen-bond donors (Lipinski definition) is 2. The lowest BCUT2D eigenvalue weighted by Gasteiger charge is -2.28. The van der Waals surface area contributed by atoms with Gasteiger partial charge in [-0.1, -0.05) is 45.0 Å². The van der Waals surface area contributed by atoms with E-state index in [1.165, 1.54) is 36.4 Å². The van der Waals surface area contributed by atoms with Crippen molar-refractivity contribution < 1.29 is 27.5 Å². The van der Waals surface area contributed by atoms with E-state index in [1.807, 2.05) is 0 Å². The molecule has 28 heavy (non-hydrogen) atoms. The average Bonchev–Trinajstić information content (AvgIpc) is 2.60. The van der Waals surface area contributed by atoms with Gasteiger partial charge < -0.3 is 10.4 Å². The quantitative estimate of drug-likeness (QED) is 0.722. The fourth-order valence-electron chi connectivity index (χ4n) is 2.60. The van der Waals surface area contributed by atoms with E-state index in [0.29, 0.717) is 11.1 Å². The van der Waals surface area contributed by atoms with Crippen LogP contribution in [0.4, 0.5) is 17.6 Å². The van der Waals surface area contributed by atoms with Gasteiger partial charge in [-0.25, -0.2) is 4.39 Å². The fraction of sp³-hybridized carbons (Fsp3) is 0.381. The largest absolute Gasteiger partial charge is 0.416 e. The molecule has 152 valence electrons. The van der Waals surface area contributed by atoms with Gasteiger partial charge in [-0.2, -0.15) is 13.2 Å². The molecule has 0 spiro atoms. The second kappa shape index (κ2) is 8.31. The summed E-state index contributed by atoms with van der Waals surface area (Å²) in [7, 11) is 0. The van der Waals surface area contributed by atoms with Crippen molar-refractivity contribution in [2.24, 2.45) is 5.41 Å². The Hall–Kier alpha value is -2.41. The van der Waals surface area contributed by atoms with Crippen molar-refractivity contribution in [3.8, 4) is 0 Å². The summed E-state index contributed by atoms with van der Waals surface area (Å²) < 4.78 is 51.4. The molecule has 0 fully saturated rings. The molecule has 2 aromatic carbocycles. The number of aliphatic hydroxyl groups excluding tert-OH is 1. The summed E-state index contributed by atoms with van der Waals surface area (Å²) in [6.45, 7) is 5.13. The summed E-state index contributed by atoms with van der Waals surface area (Å²) in [6.07, 6.45) is -5.49. The van der Waals surface area contributed by atoms with E-state index in [1.54, 1.807) is 20.8 Å². The molecule has 7 heteroatoms. The van der Waals surface area contributed by atoms with E-state index in [0.717, 1.165) is 12.1 Å². The van der Waals surface area contributed by atoms with E-state index in [4.69, 9.17) is 0 Å². The van der Waals surface area contributed by atoms with Crippen molar-refractivity contribution >= 4 is 5.91 Å². The highest BCUT2D eigenvalue weighted by molar-refractivity contribution is 5.81. The average molecular weight is 397 g/mol. The summed E-state index contributed by atoms with van der Waals surface area (Å²) in [5, 5.41) is 13.5. The number of amides is 1. The molecule has 2 unspecified atom stereocenters. The number of carbonyl (C=O) groups excluding carboxylic acids is 1. The van der Waals surface area contributed by atoms with Gasteiger partial charge in [0.05, 0.1) is 17.7 Å². The molecule has 2 aromatic rings. The lowest BCUT2D eigenvalue weighted by atomic mass is 9.91. The molecule has 2 rings (SSSR count). The van der Waals surface area contributed by atoms with Crippen molar-refractivity contribution in [3.05, 3.63) is 71.0 Å². The van der Waals surface area contributed by atoms with Crippen molar-refractivity contribution in [2.45, 2.75) is 45.5 Å². The predicted octanol–water partition coefficient (Wildman–Crippen LogP) is 4.65. The molecule has 0 saturated carbocycles. The fourth-order valence-corrected chi connectivity index (χ4v) is 2.60. The van der Waals surface area contributed by atoms with Crippen molar-refractivity contribution in [2.75, 3.05) is 0 Å². The molecule has 0 radical (unpaired) electrons. The Bertz CT molecular complexity index is 793. The second-order valence-electron chi connectivity index (χ2n) is 7.73. The van der Waals surface area contributed by atoms with E-state index >= 15 is 0 Å². The summed E-state index contributed by atoms with van der Waals surface area (Å²) in [5.74, 6) is -0.778. The number of rotatable bonds is 5. The Labute approximate surface area is 161 Å². The summed E-state index contributed by atoms with van der Waals surface area (Å²) in [6, 6.07) is 8.95. The lowest BCUT2D eigenvalue weighted by Crippen LogP contribution is -2.45. The van der Waals surface area contributed by atoms with Crippen molar-refractivity contribution in [1.82, 2.24) is 5.32 Å². The molecule has 2 atom stereocenters. The Kier molecular flexibility index (Phi) is 6.49. The van der Waals surface area contributed by atoms with Gasteiger partial charge in [0.2, 0.25) is 5.91 Å². The zero-order chi connectivity index (χ0) is 21.1. The number of nitrogens with one attached hydrogen (secondary N) is 1. The van der Waals surface area contributed by atoms with E-state index in [2.05, 4.69) is 5.32 Å². The molecule has 0 aliphatic rings. The van der Waals surface area contributed by atoms with Gasteiger partial charge in [0.25, 0.3) is 0 Å². The van der Waals surface area contributed by atoms with Crippen LogP contribution in [0.5, 0.6) is 0 Å². The number of carbonyl (C=O) groups is 1. The minimum absolute atomic E-state index is 0.110. The van der Waals surface area contributed by atoms with Gasteiger partial charge in [0, 0.05) is 5.41 Å². The third-order valence-corrected chi connectivity index (χ3v) is 4.33. The number of aliphatic hydroxyl groups is 1. The molecular formula is C21H23F4NO2. The molecule has 0 aliphatic heterocycles. The van der Waals surface area contributed by atoms with Gasteiger partial charge in [0.1, 0.15) is 5.82 Å². The van der Waals surface area contributed by atoms with E-state index in [-0.39, 0.29) is 12.3 Å². The Morgan fingerprint density at radius 1 is 1.00 bits per heavy atom. The maximum atomic E-state index is 13.2. The molecule has 0 saturated heterocycles. The van der Waals surface area contributed by atoms with Gasteiger partial charge in [-0.15, -0.1) is 0 Å². The maximum Gasteiger partial charge on any atom is 0.416 e. The Balaban J connectivity index is 2.27. The highest BCUT2D eigenvalue weighted by Gasteiger charge is 2.31. The first kappa shape index (κ1) is 21.9. The first-order valence-corrected chi connectivity index (χ1v) is 8.78. The zero-order valence-electron chi connectivity index (χ0n) is 15.8. The first-order chi connectivity index (χ1) is 12.9. The molecule has 0 heterocycles. The van der Waals surface area contributed by atoms with Crippen LogP contribution in [0.15, 0.2) is 48.5 Å². The summed E-state index contributed by atoms with van der Waals surface area (Å²) in [4.78, 5) is 12.4. The standard InChI is InChI=1S/C21H23F4NO2/c1-20(2,3)19(28)26-17(18(27)14-6-10-16(22)11-7-14)12-13-4-8-15(9-5-13)21(23,24)25/h4-11,17-18,27H,12H2,1-3H3,(H,26,28). The van der Waals surface area contributed by atoms with Crippen LogP contribution in [0, 0.1) is 11.2 Å². The molecule has 1 amide bonds. The number of hydrogen-bond acceptors (Lipinski definition) is 2. The van der Waals surface area contributed by atoms with E-state index < -0.39 is 35.1 Å². The van der Waals surface area contributed by atoms with Gasteiger partial charge in [0.15, 0.2) is 0 Å². The van der Waals surface area contributed by atoms with Gasteiger partial charge in [-0.3, -0.25) is 4.79 Å². The topological polar surface area (TPSA) is 49.3 Å². The SMILES string of the molecule is CC(C)(C)C(=O)NC(Cc1ccc(C(F)(F)F)cc1)C(O)c1ccc(F)cc1. The first-order valence-electron chi connectivity index (χ1n) is 8.78. The Morgan fingerprint density at radius 2 is 1.54 bits per heavy atom. The molecule has 3 nitrogen and oxygen atoms in total. The summed E-state index contributed by atoms with van der Waals surface area (Å²) in [5.41, 5.74) is -0.576. The van der Waals surface area contributed by atoms with Gasteiger partial charge in [-0.05, 0) is 41.8 Å². The number of halogens is 4. The van der Waals surface area contributed by atoms with Gasteiger partial charge >= 0.3 is 6.18 Å². The normalized spacial score (nSPS) is 14.4. The highest BCUT2D eigenvalue weighted by Crippen LogP contribution is 2.30. The Morgan fingerprint density at radius 3 is 2.00 bits per heavy atom. The predicted molar refractivity (Wildman–Crippen MR) is 97.9 cm³/mol. The molecule has 0 aromatic heterocycles. The zero-order valence-corrected chi connectivity index (χ0v) is 15.8. The molecular weight excluding hydrogens is 374 g/mol. The van der Waals surface area contributed by atoms with Crippen LogP contribution >= 0.6 is 0 Å². The molecule has 0 bridgehead atoms. The monoisotopic (exact) mass is 397 g/mol. The van der Waals surface area contributed by atoms with Crippen molar-refractivity contribution in [3.63, 3.8) is 0 Å². The minimum atomic E-state index is -4.44. The molecule has 0 aliphatic carbocycles. The van der Waals surface area contributed by atoms with Crippen LogP contribution in [0.25, 0.3) is 0 Å². The number of alkyl halides is 3. The van der Waals surface area contributed by atoms with Crippen LogP contribution in [0.1, 0.15) is 43.6 Å². The lowest BCUT2D eigenvalue weighted by molar-refractivity contribution is -0.137. The second-order valence-corrected chi connectivity index (χ2v) is 7.73. The highest BCUT2D eigenvalue weighted by atomic mass is 19.4. The molecule has 2 N–H and O–H groups in total. The van der Waals surface area contributed by atoms with Crippen LogP contribution in [0.2, 0.25) is 0 Å². The summed E-state index contributed by atoms with van der Waals surface area (Å²) >= 11 is 0. The maximum absolute atomic E-state index is 13.2. The van der Waals surface area contributed by atoms with Crippen LogP contribution in [-0.4, -0.2) is 17.1 Å². The number of benzene rings is 2. The smallest absolute Gasteiger partial charge is 0.386 e. The van der Waals surface area contributed by atoms with Crippen molar-refractivity contribution in [1.29, 1.82) is 0 Å².